The Hall–Kier alpha value is -1.87. The van der Waals surface area contributed by atoms with Gasteiger partial charge in [-0.15, -0.1) is 0 Å². The molecule has 1 N–H and O–H groups in total. The number of likely N-dealkylation sites (tertiary alicyclic amines) is 1. The molecule has 0 aromatic heterocycles. The summed E-state index contributed by atoms with van der Waals surface area (Å²) in [5, 5.41) is 5.27. The first-order chi connectivity index (χ1) is 11.1. The molecule has 3 heteroatoms. The molecule has 0 atom stereocenters. The number of benzene rings is 2. The molecule has 23 heavy (non-hydrogen) atoms. The number of hydrogen-bond donors (Lipinski definition) is 1. The molecule has 3 nitrogen and oxygen atoms in total. The number of carbonyl (C=O) groups excluding carboxylic acids is 1. The van der Waals surface area contributed by atoms with Crippen LogP contribution in [0.5, 0.6) is 0 Å². The topological polar surface area (TPSA) is 32.3 Å². The lowest BCUT2D eigenvalue weighted by molar-refractivity contribution is 0.0798. The Balaban J connectivity index is 1.71. The van der Waals surface area contributed by atoms with Gasteiger partial charge in [-0.2, -0.15) is 0 Å². The highest BCUT2D eigenvalue weighted by Gasteiger charge is 2.28. The van der Waals surface area contributed by atoms with Gasteiger partial charge in [0, 0.05) is 17.6 Å². The summed E-state index contributed by atoms with van der Waals surface area (Å²) >= 11 is 0. The van der Waals surface area contributed by atoms with Crippen molar-refractivity contribution in [2.45, 2.75) is 38.6 Å². The number of nitrogens with one attached hydrogen (secondary N) is 1. The molecule has 0 radical (unpaired) electrons. The Morgan fingerprint density at radius 1 is 1.04 bits per heavy atom. The highest BCUT2D eigenvalue weighted by Crippen LogP contribution is 2.21. The zero-order chi connectivity index (χ0) is 16.3. The zero-order valence-corrected chi connectivity index (χ0v) is 14.1. The SMILES string of the molecule is CC(C)(CNC(=O)c1cccc2ccccc12)N1CCCCC1. The fourth-order valence-electron chi connectivity index (χ4n) is 3.43. The van der Waals surface area contributed by atoms with Gasteiger partial charge in [-0.3, -0.25) is 9.69 Å². The second kappa shape index (κ2) is 6.71. The minimum absolute atomic E-state index is 0.000659. The number of hydrogen-bond acceptors (Lipinski definition) is 2. The number of rotatable bonds is 4. The van der Waals surface area contributed by atoms with Gasteiger partial charge >= 0.3 is 0 Å². The van der Waals surface area contributed by atoms with E-state index in [4.69, 9.17) is 0 Å². The maximum absolute atomic E-state index is 12.7. The first-order valence-corrected chi connectivity index (χ1v) is 8.59. The quantitative estimate of drug-likeness (QED) is 0.930. The molecule has 0 unspecified atom stereocenters. The van der Waals surface area contributed by atoms with E-state index in [2.05, 4.69) is 24.1 Å². The summed E-state index contributed by atoms with van der Waals surface area (Å²) < 4.78 is 0. The molecule has 2 aromatic rings. The number of carbonyl (C=O) groups is 1. The van der Waals surface area contributed by atoms with Crippen molar-refractivity contribution in [2.24, 2.45) is 0 Å². The molecule has 1 aliphatic heterocycles. The smallest absolute Gasteiger partial charge is 0.251 e. The summed E-state index contributed by atoms with van der Waals surface area (Å²) in [6.07, 6.45) is 3.86. The van der Waals surface area contributed by atoms with Gasteiger partial charge in [-0.05, 0) is 56.6 Å². The average molecular weight is 310 g/mol. The first-order valence-electron chi connectivity index (χ1n) is 8.59. The van der Waals surface area contributed by atoms with Crippen molar-refractivity contribution < 1.29 is 4.79 Å². The Morgan fingerprint density at radius 2 is 1.74 bits per heavy atom. The molecule has 0 bridgehead atoms. The van der Waals surface area contributed by atoms with E-state index in [0.717, 1.165) is 29.4 Å². The predicted octanol–water partition coefficient (Wildman–Crippen LogP) is 3.83. The van der Waals surface area contributed by atoms with Gasteiger partial charge < -0.3 is 5.32 Å². The predicted molar refractivity (Wildman–Crippen MR) is 95.8 cm³/mol. The number of amides is 1. The van der Waals surface area contributed by atoms with Crippen LogP contribution < -0.4 is 5.32 Å². The van der Waals surface area contributed by atoms with Crippen LogP contribution in [0.4, 0.5) is 0 Å². The summed E-state index contributed by atoms with van der Waals surface area (Å²) in [6, 6.07) is 14.0. The Kier molecular flexibility index (Phi) is 4.67. The van der Waals surface area contributed by atoms with Crippen molar-refractivity contribution in [1.29, 1.82) is 0 Å². The summed E-state index contributed by atoms with van der Waals surface area (Å²) in [7, 11) is 0. The maximum Gasteiger partial charge on any atom is 0.251 e. The molecule has 0 spiro atoms. The highest BCUT2D eigenvalue weighted by molar-refractivity contribution is 6.07. The van der Waals surface area contributed by atoms with Crippen LogP contribution in [0.1, 0.15) is 43.5 Å². The molecule has 1 heterocycles. The fourth-order valence-corrected chi connectivity index (χ4v) is 3.43. The standard InChI is InChI=1S/C20H26N2O/c1-20(2,22-13-6-3-7-14-22)15-21-19(23)18-12-8-10-16-9-4-5-11-17(16)18/h4-5,8-12H,3,6-7,13-15H2,1-2H3,(H,21,23). The minimum atomic E-state index is 0.000659. The van der Waals surface area contributed by atoms with Gasteiger partial charge in [0.15, 0.2) is 0 Å². The third-order valence-electron chi connectivity index (χ3n) is 4.93. The van der Waals surface area contributed by atoms with Crippen molar-refractivity contribution >= 4 is 16.7 Å². The molecule has 2 aromatic carbocycles. The maximum atomic E-state index is 12.7. The molecule has 1 aliphatic rings. The average Bonchev–Trinajstić information content (AvgIpc) is 2.60. The number of nitrogens with zero attached hydrogens (tertiary/aromatic N) is 1. The van der Waals surface area contributed by atoms with Gasteiger partial charge in [0.25, 0.3) is 5.91 Å². The largest absolute Gasteiger partial charge is 0.350 e. The molecule has 1 amide bonds. The Labute approximate surface area is 138 Å². The van der Waals surface area contributed by atoms with E-state index in [1.54, 1.807) is 0 Å². The third-order valence-corrected chi connectivity index (χ3v) is 4.93. The van der Waals surface area contributed by atoms with Crippen LogP contribution in [0.15, 0.2) is 42.5 Å². The summed E-state index contributed by atoms with van der Waals surface area (Å²) in [5.41, 5.74) is 0.762. The van der Waals surface area contributed by atoms with Crippen LogP contribution in [-0.4, -0.2) is 36.0 Å². The van der Waals surface area contributed by atoms with Gasteiger partial charge in [0.05, 0.1) is 0 Å². The summed E-state index contributed by atoms with van der Waals surface area (Å²) in [6.45, 7) is 7.40. The van der Waals surface area contributed by atoms with Crippen molar-refractivity contribution in [3.63, 3.8) is 0 Å². The van der Waals surface area contributed by atoms with E-state index < -0.39 is 0 Å². The van der Waals surface area contributed by atoms with Gasteiger partial charge in [0.2, 0.25) is 0 Å². The van der Waals surface area contributed by atoms with Gasteiger partial charge in [-0.1, -0.05) is 42.8 Å². The van der Waals surface area contributed by atoms with E-state index in [-0.39, 0.29) is 11.4 Å². The lowest BCUT2D eigenvalue weighted by Crippen LogP contribution is -2.53. The molecular formula is C20H26N2O. The van der Waals surface area contributed by atoms with Crippen LogP contribution >= 0.6 is 0 Å². The Bertz CT molecular complexity index is 682. The lowest BCUT2D eigenvalue weighted by Gasteiger charge is -2.41. The van der Waals surface area contributed by atoms with Crippen molar-refractivity contribution in [3.05, 3.63) is 48.0 Å². The Morgan fingerprint density at radius 3 is 2.52 bits per heavy atom. The monoisotopic (exact) mass is 310 g/mol. The number of piperidine rings is 1. The molecule has 1 fully saturated rings. The van der Waals surface area contributed by atoms with Crippen molar-refractivity contribution in [2.75, 3.05) is 19.6 Å². The second-order valence-electron chi connectivity index (χ2n) is 7.07. The number of fused-ring (bicyclic) bond motifs is 1. The molecule has 122 valence electrons. The molecule has 1 saturated heterocycles. The molecule has 3 rings (SSSR count). The van der Waals surface area contributed by atoms with E-state index in [0.29, 0.717) is 6.54 Å². The summed E-state index contributed by atoms with van der Waals surface area (Å²) in [4.78, 5) is 15.2. The molecule has 0 aliphatic carbocycles. The summed E-state index contributed by atoms with van der Waals surface area (Å²) in [5.74, 6) is 0.0203. The van der Waals surface area contributed by atoms with Crippen LogP contribution in [0.25, 0.3) is 10.8 Å². The van der Waals surface area contributed by atoms with Crippen molar-refractivity contribution in [1.82, 2.24) is 10.2 Å². The third kappa shape index (κ3) is 3.56. The van der Waals surface area contributed by atoms with E-state index >= 15 is 0 Å². The van der Waals surface area contributed by atoms with E-state index in [1.165, 1.54) is 19.3 Å². The van der Waals surface area contributed by atoms with E-state index in [9.17, 15) is 4.79 Å². The van der Waals surface area contributed by atoms with Gasteiger partial charge in [0.1, 0.15) is 0 Å². The zero-order valence-electron chi connectivity index (χ0n) is 14.1. The molecule has 0 saturated carbocycles. The molecular weight excluding hydrogens is 284 g/mol. The van der Waals surface area contributed by atoms with Crippen LogP contribution in [0, 0.1) is 0 Å². The van der Waals surface area contributed by atoms with Crippen molar-refractivity contribution in [3.8, 4) is 0 Å². The van der Waals surface area contributed by atoms with Crippen LogP contribution in [0.2, 0.25) is 0 Å². The van der Waals surface area contributed by atoms with Crippen LogP contribution in [0.3, 0.4) is 0 Å². The fraction of sp³-hybridized carbons (Fsp3) is 0.450. The lowest BCUT2D eigenvalue weighted by atomic mass is 9.98. The second-order valence-corrected chi connectivity index (χ2v) is 7.07. The normalized spacial score (nSPS) is 16.4. The highest BCUT2D eigenvalue weighted by atomic mass is 16.1. The van der Waals surface area contributed by atoms with Gasteiger partial charge in [-0.25, -0.2) is 0 Å². The first kappa shape index (κ1) is 16.0. The minimum Gasteiger partial charge on any atom is -0.350 e. The van der Waals surface area contributed by atoms with E-state index in [1.807, 2.05) is 42.5 Å². The van der Waals surface area contributed by atoms with Crippen LogP contribution in [-0.2, 0) is 0 Å².